The molecule has 1 N–H and O–H groups in total. The van der Waals surface area contributed by atoms with Crippen molar-refractivity contribution in [2.75, 3.05) is 11.9 Å². The van der Waals surface area contributed by atoms with E-state index in [1.807, 2.05) is 24.4 Å². The van der Waals surface area contributed by atoms with Crippen LogP contribution in [0.5, 0.6) is 6.01 Å². The van der Waals surface area contributed by atoms with Gasteiger partial charge < -0.3 is 10.1 Å². The number of nitro benzene ring substituents is 1. The summed E-state index contributed by atoms with van der Waals surface area (Å²) in [5.74, 6) is 0.224. The van der Waals surface area contributed by atoms with Gasteiger partial charge in [0.15, 0.2) is 5.82 Å². The summed E-state index contributed by atoms with van der Waals surface area (Å²) >= 11 is 1.54. The van der Waals surface area contributed by atoms with Crippen molar-refractivity contribution < 1.29 is 14.5 Å². The zero-order valence-corrected chi connectivity index (χ0v) is 17.2. The molecule has 10 heteroatoms. The molecule has 0 spiro atoms. The van der Waals surface area contributed by atoms with Gasteiger partial charge in [-0.3, -0.25) is 14.9 Å². The topological polar surface area (TPSA) is 112 Å². The molecule has 0 aliphatic heterocycles. The molecule has 0 fully saturated rings. The number of benzene rings is 2. The van der Waals surface area contributed by atoms with Gasteiger partial charge >= 0.3 is 6.01 Å². The molecular formula is C21H17N5O4S. The quantitative estimate of drug-likeness (QED) is 0.336. The highest BCUT2D eigenvalue weighted by Crippen LogP contribution is 2.28. The Bertz CT molecular complexity index is 1220. The fourth-order valence-corrected chi connectivity index (χ4v) is 3.58. The second-order valence-corrected chi connectivity index (χ2v) is 7.30. The largest absolute Gasteiger partial charge is 0.463 e. The van der Waals surface area contributed by atoms with Gasteiger partial charge in [0.25, 0.3) is 11.6 Å². The second kappa shape index (κ2) is 8.76. The van der Waals surface area contributed by atoms with Crippen LogP contribution in [0, 0.1) is 10.1 Å². The van der Waals surface area contributed by atoms with Crippen LogP contribution in [0.1, 0.15) is 17.3 Å². The lowest BCUT2D eigenvalue weighted by Crippen LogP contribution is -2.12. The normalized spacial score (nSPS) is 10.6. The lowest BCUT2D eigenvalue weighted by molar-refractivity contribution is -0.384. The molecular weight excluding hydrogens is 418 g/mol. The van der Waals surface area contributed by atoms with Crippen molar-refractivity contribution >= 4 is 28.6 Å². The number of ether oxygens (including phenoxy) is 1. The molecule has 0 aliphatic rings. The van der Waals surface area contributed by atoms with Gasteiger partial charge in [0.1, 0.15) is 0 Å². The molecule has 1 amide bonds. The Kier molecular flexibility index (Phi) is 5.72. The van der Waals surface area contributed by atoms with Gasteiger partial charge in [-0.1, -0.05) is 12.1 Å². The summed E-state index contributed by atoms with van der Waals surface area (Å²) < 4.78 is 7.14. The smallest absolute Gasteiger partial charge is 0.336 e. The highest BCUT2D eigenvalue weighted by molar-refractivity contribution is 7.13. The van der Waals surface area contributed by atoms with E-state index in [1.54, 1.807) is 40.3 Å². The minimum absolute atomic E-state index is 0.139. The van der Waals surface area contributed by atoms with Crippen molar-refractivity contribution in [3.8, 4) is 22.4 Å². The number of hydrogen-bond donors (Lipinski definition) is 1. The molecule has 0 unspecified atom stereocenters. The summed E-state index contributed by atoms with van der Waals surface area (Å²) in [4.78, 5) is 28.2. The summed E-state index contributed by atoms with van der Waals surface area (Å²) in [6.45, 7) is 2.32. The van der Waals surface area contributed by atoms with Gasteiger partial charge in [0.2, 0.25) is 0 Å². The molecule has 0 saturated carbocycles. The lowest BCUT2D eigenvalue weighted by atomic mass is 10.2. The van der Waals surface area contributed by atoms with Crippen LogP contribution in [0.4, 0.5) is 11.4 Å². The van der Waals surface area contributed by atoms with Gasteiger partial charge in [-0.25, -0.2) is 4.68 Å². The predicted octanol–water partition coefficient (Wildman–Crippen LogP) is 4.56. The number of rotatable bonds is 7. The van der Waals surface area contributed by atoms with E-state index >= 15 is 0 Å². The first-order valence-corrected chi connectivity index (χ1v) is 10.2. The summed E-state index contributed by atoms with van der Waals surface area (Å²) in [5.41, 5.74) is 1.36. The lowest BCUT2D eigenvalue weighted by Gasteiger charge is -2.08. The minimum atomic E-state index is -0.536. The summed E-state index contributed by atoms with van der Waals surface area (Å²) in [6, 6.07) is 16.8. The Labute approximate surface area is 181 Å². The maximum Gasteiger partial charge on any atom is 0.336 e. The highest BCUT2D eigenvalue weighted by atomic mass is 32.1. The predicted molar refractivity (Wildman–Crippen MR) is 117 cm³/mol. The molecule has 2 heterocycles. The second-order valence-electron chi connectivity index (χ2n) is 6.35. The van der Waals surface area contributed by atoms with Gasteiger partial charge in [0, 0.05) is 23.4 Å². The Hall–Kier alpha value is -4.05. The average molecular weight is 435 g/mol. The van der Waals surface area contributed by atoms with Crippen LogP contribution >= 0.6 is 11.3 Å². The van der Waals surface area contributed by atoms with Crippen molar-refractivity contribution in [1.82, 2.24) is 14.8 Å². The number of aromatic nitrogens is 3. The van der Waals surface area contributed by atoms with Crippen LogP contribution in [0.2, 0.25) is 0 Å². The van der Waals surface area contributed by atoms with Crippen molar-refractivity contribution in [2.24, 2.45) is 0 Å². The molecule has 0 saturated heterocycles. The van der Waals surface area contributed by atoms with E-state index in [0.29, 0.717) is 18.1 Å². The molecule has 2 aromatic heterocycles. The average Bonchev–Trinajstić information content (AvgIpc) is 3.44. The number of anilines is 1. The number of carbonyl (C=O) groups excluding carboxylic acids is 1. The first-order chi connectivity index (χ1) is 15.0. The number of nitrogens with one attached hydrogen (secondary N) is 1. The minimum Gasteiger partial charge on any atom is -0.463 e. The zero-order valence-electron chi connectivity index (χ0n) is 16.4. The third-order valence-electron chi connectivity index (χ3n) is 4.29. The van der Waals surface area contributed by atoms with Crippen molar-refractivity contribution in [3.63, 3.8) is 0 Å². The van der Waals surface area contributed by atoms with Gasteiger partial charge in [0.05, 0.1) is 22.1 Å². The molecule has 0 atom stereocenters. The molecule has 0 aliphatic carbocycles. The number of nitro groups is 1. The van der Waals surface area contributed by atoms with E-state index in [2.05, 4.69) is 15.4 Å². The summed E-state index contributed by atoms with van der Waals surface area (Å²) in [6.07, 6.45) is 0. The van der Waals surface area contributed by atoms with E-state index in [1.165, 1.54) is 24.3 Å². The summed E-state index contributed by atoms with van der Waals surface area (Å²) in [7, 11) is 0. The fraction of sp³-hybridized carbons (Fsp3) is 0.0952. The molecule has 4 aromatic rings. The Morgan fingerprint density at radius 1 is 1.19 bits per heavy atom. The Morgan fingerprint density at radius 3 is 2.68 bits per heavy atom. The van der Waals surface area contributed by atoms with Crippen molar-refractivity contribution in [2.45, 2.75) is 6.92 Å². The molecule has 31 heavy (non-hydrogen) atoms. The van der Waals surface area contributed by atoms with Gasteiger partial charge in [-0.05, 0) is 48.7 Å². The van der Waals surface area contributed by atoms with Crippen molar-refractivity contribution in [3.05, 3.63) is 81.7 Å². The SMILES string of the molecule is CCOc1nc(-c2cccs2)n(-c2ccc(NC(=O)c3cccc([N+](=O)[O-])c3)cc2)n1. The molecule has 0 bridgehead atoms. The molecule has 0 radical (unpaired) electrons. The van der Waals surface area contributed by atoms with E-state index in [4.69, 9.17) is 4.74 Å². The number of thiophene rings is 1. The van der Waals surface area contributed by atoms with Crippen LogP contribution in [0.15, 0.2) is 66.0 Å². The standard InChI is InChI=1S/C21H17N5O4S/c1-2-30-21-23-19(18-7-4-12-31-18)25(24-21)16-10-8-15(9-11-16)22-20(27)14-5-3-6-17(13-14)26(28)29/h3-13H,2H2,1H3,(H,22,27). The van der Waals surface area contributed by atoms with E-state index in [-0.39, 0.29) is 17.3 Å². The first kappa shape index (κ1) is 20.2. The van der Waals surface area contributed by atoms with Gasteiger partial charge in [-0.2, -0.15) is 4.98 Å². The zero-order chi connectivity index (χ0) is 21.8. The van der Waals surface area contributed by atoms with Crippen molar-refractivity contribution in [1.29, 1.82) is 0 Å². The Balaban J connectivity index is 1.57. The van der Waals surface area contributed by atoms with Crippen LogP contribution in [-0.2, 0) is 0 Å². The third kappa shape index (κ3) is 4.43. The number of non-ortho nitro benzene ring substituents is 1. The molecule has 9 nitrogen and oxygen atoms in total. The number of amides is 1. The van der Waals surface area contributed by atoms with E-state index in [9.17, 15) is 14.9 Å². The molecule has 2 aromatic carbocycles. The fourth-order valence-electron chi connectivity index (χ4n) is 2.88. The molecule has 4 rings (SSSR count). The summed E-state index contributed by atoms with van der Waals surface area (Å²) in [5, 5.41) is 20.0. The van der Waals surface area contributed by atoms with Crippen LogP contribution in [-0.4, -0.2) is 32.2 Å². The third-order valence-corrected chi connectivity index (χ3v) is 5.16. The number of nitrogens with zero attached hydrogens (tertiary/aromatic N) is 4. The highest BCUT2D eigenvalue weighted by Gasteiger charge is 2.16. The molecule has 156 valence electrons. The monoisotopic (exact) mass is 435 g/mol. The number of carbonyl (C=O) groups is 1. The van der Waals surface area contributed by atoms with Gasteiger partial charge in [-0.15, -0.1) is 16.4 Å². The first-order valence-electron chi connectivity index (χ1n) is 9.35. The van der Waals surface area contributed by atoms with E-state index in [0.717, 1.165) is 10.6 Å². The Morgan fingerprint density at radius 2 is 2.00 bits per heavy atom. The maximum atomic E-state index is 12.5. The van der Waals surface area contributed by atoms with Crippen LogP contribution in [0.3, 0.4) is 0 Å². The maximum absolute atomic E-state index is 12.5. The van der Waals surface area contributed by atoms with E-state index < -0.39 is 10.8 Å². The van der Waals surface area contributed by atoms with Crippen LogP contribution < -0.4 is 10.1 Å². The van der Waals surface area contributed by atoms with Crippen LogP contribution in [0.25, 0.3) is 16.4 Å². The number of hydrogen-bond acceptors (Lipinski definition) is 7.